The predicted molar refractivity (Wildman–Crippen MR) is 105 cm³/mol. The molecule has 2 heterocycles. The summed E-state index contributed by atoms with van der Waals surface area (Å²) >= 11 is 0. The Morgan fingerprint density at radius 1 is 1.33 bits per heavy atom. The van der Waals surface area contributed by atoms with Crippen LogP contribution in [0.1, 0.15) is 38.8 Å². The first-order valence-electron chi connectivity index (χ1n) is 9.39. The standard InChI is InChI=1S/C20H26N4O3/c1-13(2)9-18-12-16(7-8-27-18)22-19-10-14(3)21-20(23-19)15-5-4-6-17(11-15)24(25)26/h4-6,10-11,13,16,18H,7-9,12H2,1-3H3,(H,21,22,23)/t16-,18+/m1/s1. The molecule has 3 rings (SSSR count). The number of anilines is 1. The Morgan fingerprint density at radius 2 is 2.15 bits per heavy atom. The molecule has 7 nitrogen and oxygen atoms in total. The van der Waals surface area contributed by atoms with Gasteiger partial charge in [-0.25, -0.2) is 9.97 Å². The molecule has 0 bridgehead atoms. The number of rotatable bonds is 6. The lowest BCUT2D eigenvalue weighted by molar-refractivity contribution is -0.384. The van der Waals surface area contributed by atoms with Gasteiger partial charge in [0, 0.05) is 42.1 Å². The number of ether oxygens (including phenoxy) is 1. The van der Waals surface area contributed by atoms with Gasteiger partial charge in [0.2, 0.25) is 0 Å². The molecule has 7 heteroatoms. The van der Waals surface area contributed by atoms with Crippen LogP contribution in [0.2, 0.25) is 0 Å². The van der Waals surface area contributed by atoms with E-state index in [0.717, 1.165) is 37.4 Å². The summed E-state index contributed by atoms with van der Waals surface area (Å²) in [6.45, 7) is 7.06. The first kappa shape index (κ1) is 19.2. The van der Waals surface area contributed by atoms with Gasteiger partial charge in [-0.3, -0.25) is 10.1 Å². The molecule has 0 radical (unpaired) electrons. The third kappa shape index (κ3) is 5.23. The minimum atomic E-state index is -0.407. The van der Waals surface area contributed by atoms with E-state index in [-0.39, 0.29) is 11.8 Å². The van der Waals surface area contributed by atoms with Crippen molar-refractivity contribution in [1.82, 2.24) is 9.97 Å². The van der Waals surface area contributed by atoms with Crippen LogP contribution < -0.4 is 5.32 Å². The van der Waals surface area contributed by atoms with E-state index >= 15 is 0 Å². The molecule has 2 aromatic rings. The van der Waals surface area contributed by atoms with Gasteiger partial charge in [0.25, 0.3) is 5.69 Å². The Labute approximate surface area is 159 Å². The highest BCUT2D eigenvalue weighted by molar-refractivity contribution is 5.61. The third-order valence-electron chi connectivity index (χ3n) is 4.62. The number of hydrogen-bond donors (Lipinski definition) is 1. The largest absolute Gasteiger partial charge is 0.378 e. The summed E-state index contributed by atoms with van der Waals surface area (Å²) in [4.78, 5) is 19.7. The second-order valence-corrected chi connectivity index (χ2v) is 7.51. The topological polar surface area (TPSA) is 90.2 Å². The van der Waals surface area contributed by atoms with E-state index in [1.54, 1.807) is 12.1 Å². The van der Waals surface area contributed by atoms with E-state index in [9.17, 15) is 10.1 Å². The fraction of sp³-hybridized carbons (Fsp3) is 0.500. The first-order chi connectivity index (χ1) is 12.9. The van der Waals surface area contributed by atoms with Gasteiger partial charge in [-0.1, -0.05) is 26.0 Å². The normalized spacial score (nSPS) is 19.9. The molecule has 0 aliphatic carbocycles. The van der Waals surface area contributed by atoms with Crippen LogP contribution in [-0.4, -0.2) is 33.6 Å². The fourth-order valence-corrected chi connectivity index (χ4v) is 3.44. The number of benzene rings is 1. The average Bonchev–Trinajstić information content (AvgIpc) is 2.61. The van der Waals surface area contributed by atoms with E-state index in [0.29, 0.717) is 23.3 Å². The Hall–Kier alpha value is -2.54. The van der Waals surface area contributed by atoms with E-state index in [4.69, 9.17) is 4.74 Å². The summed E-state index contributed by atoms with van der Waals surface area (Å²) < 4.78 is 5.87. The zero-order valence-electron chi connectivity index (χ0n) is 16.0. The maximum absolute atomic E-state index is 11.0. The van der Waals surface area contributed by atoms with Crippen molar-refractivity contribution >= 4 is 11.5 Å². The van der Waals surface area contributed by atoms with E-state index in [1.165, 1.54) is 12.1 Å². The summed E-state index contributed by atoms with van der Waals surface area (Å²) in [7, 11) is 0. The molecule has 0 saturated carbocycles. The third-order valence-corrected chi connectivity index (χ3v) is 4.62. The maximum atomic E-state index is 11.0. The maximum Gasteiger partial charge on any atom is 0.270 e. The Balaban J connectivity index is 1.77. The molecule has 0 spiro atoms. The van der Waals surface area contributed by atoms with Gasteiger partial charge in [-0.15, -0.1) is 0 Å². The lowest BCUT2D eigenvalue weighted by Gasteiger charge is -2.31. The van der Waals surface area contributed by atoms with Crippen molar-refractivity contribution < 1.29 is 9.66 Å². The Morgan fingerprint density at radius 3 is 2.89 bits per heavy atom. The number of nitrogens with one attached hydrogen (secondary N) is 1. The van der Waals surface area contributed by atoms with Crippen LogP contribution >= 0.6 is 0 Å². The van der Waals surface area contributed by atoms with Crippen LogP contribution in [0, 0.1) is 23.0 Å². The first-order valence-corrected chi connectivity index (χ1v) is 9.39. The van der Waals surface area contributed by atoms with Gasteiger partial charge >= 0.3 is 0 Å². The quantitative estimate of drug-likeness (QED) is 0.600. The molecule has 1 fully saturated rings. The number of non-ortho nitro benzene ring substituents is 1. The highest BCUT2D eigenvalue weighted by atomic mass is 16.6. The second-order valence-electron chi connectivity index (χ2n) is 7.51. The molecule has 1 aromatic carbocycles. The number of nitro groups is 1. The molecule has 0 unspecified atom stereocenters. The van der Waals surface area contributed by atoms with Crippen molar-refractivity contribution in [3.05, 3.63) is 46.1 Å². The molecule has 1 aliphatic rings. The van der Waals surface area contributed by atoms with Gasteiger partial charge in [0.15, 0.2) is 5.82 Å². The van der Waals surface area contributed by atoms with E-state index in [1.807, 2.05) is 13.0 Å². The van der Waals surface area contributed by atoms with Crippen LogP contribution in [0.4, 0.5) is 11.5 Å². The van der Waals surface area contributed by atoms with Crippen LogP contribution in [-0.2, 0) is 4.74 Å². The predicted octanol–water partition coefficient (Wildman–Crippen LogP) is 4.37. The van der Waals surface area contributed by atoms with Crippen molar-refractivity contribution in [3.8, 4) is 11.4 Å². The highest BCUT2D eigenvalue weighted by Crippen LogP contribution is 2.25. The zero-order chi connectivity index (χ0) is 19.4. The highest BCUT2D eigenvalue weighted by Gasteiger charge is 2.23. The van der Waals surface area contributed by atoms with Crippen molar-refractivity contribution in [2.45, 2.75) is 52.2 Å². The average molecular weight is 370 g/mol. The number of aromatic nitrogens is 2. The monoisotopic (exact) mass is 370 g/mol. The molecule has 0 amide bonds. The van der Waals surface area contributed by atoms with E-state index in [2.05, 4.69) is 29.1 Å². The minimum absolute atomic E-state index is 0.0353. The fourth-order valence-electron chi connectivity index (χ4n) is 3.44. The summed E-state index contributed by atoms with van der Waals surface area (Å²) in [5.41, 5.74) is 1.49. The van der Waals surface area contributed by atoms with Crippen LogP contribution in [0.15, 0.2) is 30.3 Å². The molecule has 1 N–H and O–H groups in total. The SMILES string of the molecule is Cc1cc(N[C@@H]2CCO[C@@H](CC(C)C)C2)nc(-c2cccc([N+](=O)[O-])c2)n1. The molecular weight excluding hydrogens is 344 g/mol. The Bertz CT molecular complexity index is 810. The number of hydrogen-bond acceptors (Lipinski definition) is 6. The van der Waals surface area contributed by atoms with Crippen molar-refractivity contribution in [3.63, 3.8) is 0 Å². The van der Waals surface area contributed by atoms with Gasteiger partial charge in [0.1, 0.15) is 5.82 Å². The summed E-state index contributed by atoms with van der Waals surface area (Å²) in [6.07, 6.45) is 3.22. The smallest absolute Gasteiger partial charge is 0.270 e. The van der Waals surface area contributed by atoms with Gasteiger partial charge in [-0.05, 0) is 32.1 Å². The van der Waals surface area contributed by atoms with E-state index < -0.39 is 4.92 Å². The molecular formula is C20H26N4O3. The number of nitro benzene ring substituents is 1. The van der Waals surface area contributed by atoms with Crippen molar-refractivity contribution in [2.24, 2.45) is 5.92 Å². The number of nitrogens with zero attached hydrogens (tertiary/aromatic N) is 3. The van der Waals surface area contributed by atoms with Crippen LogP contribution in [0.25, 0.3) is 11.4 Å². The van der Waals surface area contributed by atoms with Crippen LogP contribution in [0.5, 0.6) is 0 Å². The van der Waals surface area contributed by atoms with Crippen molar-refractivity contribution in [2.75, 3.05) is 11.9 Å². The Kier molecular flexibility index (Phi) is 6.01. The lowest BCUT2D eigenvalue weighted by atomic mass is 9.96. The van der Waals surface area contributed by atoms with Gasteiger partial charge in [0.05, 0.1) is 11.0 Å². The molecule has 1 aromatic heterocycles. The molecule has 2 atom stereocenters. The molecule has 144 valence electrons. The minimum Gasteiger partial charge on any atom is -0.378 e. The zero-order valence-corrected chi connectivity index (χ0v) is 16.0. The van der Waals surface area contributed by atoms with Gasteiger partial charge in [-0.2, -0.15) is 0 Å². The second kappa shape index (κ2) is 8.43. The summed E-state index contributed by atoms with van der Waals surface area (Å²) in [5.74, 6) is 1.85. The van der Waals surface area contributed by atoms with Crippen LogP contribution in [0.3, 0.4) is 0 Å². The summed E-state index contributed by atoms with van der Waals surface area (Å²) in [6, 6.07) is 8.63. The molecule has 1 aliphatic heterocycles. The van der Waals surface area contributed by atoms with Gasteiger partial charge < -0.3 is 10.1 Å². The summed E-state index contributed by atoms with van der Waals surface area (Å²) in [5, 5.41) is 14.5. The number of aryl methyl sites for hydroxylation is 1. The van der Waals surface area contributed by atoms with Crippen molar-refractivity contribution in [1.29, 1.82) is 0 Å². The molecule has 27 heavy (non-hydrogen) atoms. The lowest BCUT2D eigenvalue weighted by Crippen LogP contribution is -2.35. The molecule has 1 saturated heterocycles.